The van der Waals surface area contributed by atoms with Crippen molar-refractivity contribution in [1.29, 1.82) is 0 Å². The number of nitrogens with two attached hydrogens (primary N) is 1. The second kappa shape index (κ2) is 4.14. The van der Waals surface area contributed by atoms with Crippen molar-refractivity contribution in [3.05, 3.63) is 23.2 Å². The lowest BCUT2D eigenvalue weighted by Gasteiger charge is -2.08. The highest BCUT2D eigenvalue weighted by molar-refractivity contribution is 7.92. The average molecular weight is 261 g/mol. The van der Waals surface area contributed by atoms with Gasteiger partial charge in [0.15, 0.2) is 0 Å². The molecule has 0 aromatic heterocycles. The molecule has 0 saturated heterocycles. The molecule has 0 radical (unpaired) electrons. The maximum absolute atomic E-state index is 11.7. The van der Waals surface area contributed by atoms with E-state index in [1.54, 1.807) is 12.1 Å². The second-order valence-electron chi connectivity index (χ2n) is 4.06. The molecule has 4 nitrogen and oxygen atoms in total. The SMILES string of the molecule is Nc1cc(NS(=O)(=O)CC2CC2)ccc1Cl. The highest BCUT2D eigenvalue weighted by Gasteiger charge is 2.27. The Hall–Kier alpha value is -0.940. The van der Waals surface area contributed by atoms with Gasteiger partial charge in [-0.1, -0.05) is 11.6 Å². The molecule has 0 unspecified atom stereocenters. The third-order valence-electron chi connectivity index (χ3n) is 2.42. The van der Waals surface area contributed by atoms with Crippen LogP contribution in [0.15, 0.2) is 18.2 Å². The van der Waals surface area contributed by atoms with Crippen LogP contribution < -0.4 is 10.5 Å². The Morgan fingerprint density at radius 2 is 2.12 bits per heavy atom. The minimum atomic E-state index is -3.25. The van der Waals surface area contributed by atoms with Crippen LogP contribution in [-0.4, -0.2) is 14.2 Å². The predicted octanol–water partition coefficient (Wildman–Crippen LogP) is 2.07. The molecule has 6 heteroatoms. The molecule has 16 heavy (non-hydrogen) atoms. The Balaban J connectivity index is 2.10. The molecule has 2 rings (SSSR count). The fourth-order valence-corrected chi connectivity index (χ4v) is 3.06. The molecule has 0 aliphatic heterocycles. The summed E-state index contributed by atoms with van der Waals surface area (Å²) in [6.45, 7) is 0. The molecule has 88 valence electrons. The molecule has 1 fully saturated rings. The van der Waals surface area contributed by atoms with E-state index in [1.165, 1.54) is 6.07 Å². The lowest BCUT2D eigenvalue weighted by molar-refractivity contribution is 0.597. The van der Waals surface area contributed by atoms with Gasteiger partial charge in [-0.25, -0.2) is 8.42 Å². The maximum Gasteiger partial charge on any atom is 0.232 e. The van der Waals surface area contributed by atoms with Crippen molar-refractivity contribution in [3.63, 3.8) is 0 Å². The number of halogens is 1. The number of sulfonamides is 1. The number of rotatable bonds is 4. The van der Waals surface area contributed by atoms with Gasteiger partial charge in [0.05, 0.1) is 22.2 Å². The lowest BCUT2D eigenvalue weighted by atomic mass is 10.3. The maximum atomic E-state index is 11.7. The quantitative estimate of drug-likeness (QED) is 0.814. The van der Waals surface area contributed by atoms with Crippen LogP contribution in [0.4, 0.5) is 11.4 Å². The molecule has 0 amide bonds. The van der Waals surface area contributed by atoms with Crippen LogP contribution in [0, 0.1) is 5.92 Å². The zero-order valence-electron chi connectivity index (χ0n) is 8.61. The van der Waals surface area contributed by atoms with Gasteiger partial charge in [0.1, 0.15) is 0 Å². The molecule has 1 aromatic carbocycles. The molecule has 1 aromatic rings. The molecule has 0 bridgehead atoms. The standard InChI is InChI=1S/C10H13ClN2O2S/c11-9-4-3-8(5-10(9)12)13-16(14,15)6-7-1-2-7/h3-5,7,13H,1-2,6,12H2. The Bertz CT molecular complexity index is 498. The summed E-state index contributed by atoms with van der Waals surface area (Å²) >= 11 is 5.74. The summed E-state index contributed by atoms with van der Waals surface area (Å²) in [6, 6.07) is 4.70. The van der Waals surface area contributed by atoms with Gasteiger partial charge in [-0.3, -0.25) is 4.72 Å². The Morgan fingerprint density at radius 3 is 2.69 bits per heavy atom. The molecule has 1 saturated carbocycles. The molecule has 3 N–H and O–H groups in total. The summed E-state index contributed by atoms with van der Waals surface area (Å²) in [5.74, 6) is 0.511. The van der Waals surface area contributed by atoms with Gasteiger partial charge >= 0.3 is 0 Å². The van der Waals surface area contributed by atoms with Crippen LogP contribution in [0.3, 0.4) is 0 Å². The Labute approximate surface area is 99.8 Å². The van der Waals surface area contributed by atoms with Gasteiger partial charge in [-0.15, -0.1) is 0 Å². The van der Waals surface area contributed by atoms with Crippen LogP contribution in [0.1, 0.15) is 12.8 Å². The summed E-state index contributed by atoms with van der Waals surface area (Å²) in [5, 5.41) is 0.421. The van der Waals surface area contributed by atoms with Gasteiger partial charge in [0.2, 0.25) is 10.0 Å². The summed E-state index contributed by atoms with van der Waals surface area (Å²) < 4.78 is 25.8. The minimum absolute atomic E-state index is 0.190. The van der Waals surface area contributed by atoms with Crippen LogP contribution in [-0.2, 0) is 10.0 Å². The Morgan fingerprint density at radius 1 is 1.44 bits per heavy atom. The van der Waals surface area contributed by atoms with E-state index in [1.807, 2.05) is 0 Å². The molecular weight excluding hydrogens is 248 g/mol. The van der Waals surface area contributed by atoms with E-state index in [4.69, 9.17) is 17.3 Å². The van der Waals surface area contributed by atoms with Crippen LogP contribution >= 0.6 is 11.6 Å². The number of hydrogen-bond acceptors (Lipinski definition) is 3. The van der Waals surface area contributed by atoms with E-state index in [0.717, 1.165) is 12.8 Å². The minimum Gasteiger partial charge on any atom is -0.397 e. The fraction of sp³-hybridized carbons (Fsp3) is 0.400. The van der Waals surface area contributed by atoms with Crippen molar-refractivity contribution < 1.29 is 8.42 Å². The summed E-state index contributed by atoms with van der Waals surface area (Å²) in [7, 11) is -3.25. The van der Waals surface area contributed by atoms with Gasteiger partial charge in [0.25, 0.3) is 0 Å². The smallest absolute Gasteiger partial charge is 0.232 e. The first kappa shape index (κ1) is 11.5. The third-order valence-corrected chi connectivity index (χ3v) is 4.22. The van der Waals surface area contributed by atoms with E-state index in [0.29, 0.717) is 22.3 Å². The van der Waals surface area contributed by atoms with Crippen LogP contribution in [0.2, 0.25) is 5.02 Å². The number of nitrogen functional groups attached to an aromatic ring is 1. The van der Waals surface area contributed by atoms with Crippen molar-refractivity contribution in [2.45, 2.75) is 12.8 Å². The monoisotopic (exact) mass is 260 g/mol. The van der Waals surface area contributed by atoms with E-state index in [2.05, 4.69) is 4.72 Å². The number of benzene rings is 1. The van der Waals surface area contributed by atoms with Gasteiger partial charge in [0, 0.05) is 0 Å². The summed E-state index contributed by atoms with van der Waals surface area (Å²) in [5.41, 5.74) is 6.42. The third kappa shape index (κ3) is 3.02. The molecule has 0 spiro atoms. The van der Waals surface area contributed by atoms with E-state index in [9.17, 15) is 8.42 Å². The first-order valence-corrected chi connectivity index (χ1v) is 7.05. The highest BCUT2D eigenvalue weighted by atomic mass is 35.5. The molecule has 0 atom stereocenters. The van der Waals surface area contributed by atoms with Gasteiger partial charge < -0.3 is 5.73 Å². The van der Waals surface area contributed by atoms with Gasteiger partial charge in [-0.2, -0.15) is 0 Å². The normalized spacial score (nSPS) is 16.1. The fourth-order valence-electron chi connectivity index (χ4n) is 1.42. The van der Waals surface area contributed by atoms with Crippen LogP contribution in [0.5, 0.6) is 0 Å². The number of nitrogens with one attached hydrogen (secondary N) is 1. The summed E-state index contributed by atoms with van der Waals surface area (Å²) in [6.07, 6.45) is 2.01. The van der Waals surface area contributed by atoms with Crippen molar-refractivity contribution in [1.82, 2.24) is 0 Å². The van der Waals surface area contributed by atoms with Crippen LogP contribution in [0.25, 0.3) is 0 Å². The topological polar surface area (TPSA) is 72.2 Å². The van der Waals surface area contributed by atoms with Crippen molar-refractivity contribution >= 4 is 33.0 Å². The Kier molecular flexibility index (Phi) is 2.99. The van der Waals surface area contributed by atoms with E-state index >= 15 is 0 Å². The highest BCUT2D eigenvalue weighted by Crippen LogP contribution is 2.31. The first-order valence-electron chi connectivity index (χ1n) is 5.02. The van der Waals surface area contributed by atoms with E-state index in [-0.39, 0.29) is 5.75 Å². The lowest BCUT2D eigenvalue weighted by Crippen LogP contribution is -2.17. The molecular formula is C10H13ClN2O2S. The number of anilines is 2. The summed E-state index contributed by atoms with van der Waals surface area (Å²) in [4.78, 5) is 0. The average Bonchev–Trinajstić information content (AvgIpc) is 2.94. The number of hydrogen-bond donors (Lipinski definition) is 2. The van der Waals surface area contributed by atoms with Gasteiger partial charge in [-0.05, 0) is 37.0 Å². The predicted molar refractivity (Wildman–Crippen MR) is 66.0 cm³/mol. The zero-order valence-corrected chi connectivity index (χ0v) is 10.2. The van der Waals surface area contributed by atoms with E-state index < -0.39 is 10.0 Å². The second-order valence-corrected chi connectivity index (χ2v) is 6.24. The largest absolute Gasteiger partial charge is 0.397 e. The van der Waals surface area contributed by atoms with Crippen molar-refractivity contribution in [3.8, 4) is 0 Å². The first-order chi connectivity index (χ1) is 7.46. The molecule has 0 heterocycles. The molecule has 1 aliphatic rings. The molecule has 1 aliphatic carbocycles. The van der Waals surface area contributed by atoms with Crippen molar-refractivity contribution in [2.75, 3.05) is 16.2 Å². The zero-order chi connectivity index (χ0) is 11.8. The van der Waals surface area contributed by atoms with Crippen molar-refractivity contribution in [2.24, 2.45) is 5.92 Å².